The van der Waals surface area contributed by atoms with Crippen molar-refractivity contribution < 1.29 is 9.18 Å². The van der Waals surface area contributed by atoms with Gasteiger partial charge in [-0.05, 0) is 37.6 Å². The SMILES string of the molecule is CN(Cc1ccccc1F)C(=O)CN1CCCC1c1ccc(N)nn1. The number of likely N-dealkylation sites (tertiary alicyclic amines) is 1. The topological polar surface area (TPSA) is 75.4 Å². The molecule has 132 valence electrons. The maximum atomic E-state index is 13.8. The van der Waals surface area contributed by atoms with Crippen LogP contribution in [0.15, 0.2) is 36.4 Å². The molecule has 1 unspecified atom stereocenters. The summed E-state index contributed by atoms with van der Waals surface area (Å²) in [6.07, 6.45) is 1.93. The number of hydrogen-bond acceptors (Lipinski definition) is 5. The minimum atomic E-state index is -0.293. The van der Waals surface area contributed by atoms with Gasteiger partial charge in [-0.1, -0.05) is 18.2 Å². The van der Waals surface area contributed by atoms with Gasteiger partial charge in [-0.2, -0.15) is 5.10 Å². The Kier molecular flexibility index (Phi) is 5.23. The van der Waals surface area contributed by atoms with Gasteiger partial charge in [0.15, 0.2) is 0 Å². The zero-order valence-electron chi connectivity index (χ0n) is 14.2. The Labute approximate surface area is 146 Å². The highest BCUT2D eigenvalue weighted by Gasteiger charge is 2.29. The molecule has 0 bridgehead atoms. The van der Waals surface area contributed by atoms with Crippen molar-refractivity contribution in [3.05, 3.63) is 53.5 Å². The first-order valence-electron chi connectivity index (χ1n) is 8.35. The molecule has 2 heterocycles. The normalized spacial score (nSPS) is 17.6. The van der Waals surface area contributed by atoms with Gasteiger partial charge in [0.1, 0.15) is 11.6 Å². The van der Waals surface area contributed by atoms with E-state index in [0.29, 0.717) is 11.4 Å². The number of nitrogen functional groups attached to an aromatic ring is 1. The van der Waals surface area contributed by atoms with Gasteiger partial charge in [-0.3, -0.25) is 9.69 Å². The molecule has 2 aromatic rings. The molecule has 0 saturated carbocycles. The molecule has 1 fully saturated rings. The van der Waals surface area contributed by atoms with Crippen LogP contribution in [0.4, 0.5) is 10.2 Å². The third kappa shape index (κ3) is 4.11. The van der Waals surface area contributed by atoms with Gasteiger partial charge in [0, 0.05) is 19.2 Å². The number of rotatable bonds is 5. The van der Waals surface area contributed by atoms with Crippen molar-refractivity contribution in [3.63, 3.8) is 0 Å². The molecular formula is C18H22FN5O. The number of aromatic nitrogens is 2. The van der Waals surface area contributed by atoms with Crippen LogP contribution in [0.1, 0.15) is 30.1 Å². The summed E-state index contributed by atoms with van der Waals surface area (Å²) in [5, 5.41) is 8.05. The van der Waals surface area contributed by atoms with Gasteiger partial charge in [0.05, 0.1) is 18.3 Å². The van der Waals surface area contributed by atoms with E-state index in [1.807, 2.05) is 6.07 Å². The first kappa shape index (κ1) is 17.3. The molecule has 3 rings (SSSR count). The number of carbonyl (C=O) groups excluding carboxylic acids is 1. The van der Waals surface area contributed by atoms with E-state index in [9.17, 15) is 9.18 Å². The van der Waals surface area contributed by atoms with E-state index in [1.54, 1.807) is 36.2 Å². The van der Waals surface area contributed by atoms with Crippen LogP contribution >= 0.6 is 0 Å². The average Bonchev–Trinajstić information content (AvgIpc) is 3.05. The third-order valence-corrected chi connectivity index (χ3v) is 4.54. The fraction of sp³-hybridized carbons (Fsp3) is 0.389. The molecule has 2 N–H and O–H groups in total. The molecule has 0 aliphatic carbocycles. The van der Waals surface area contributed by atoms with Gasteiger partial charge in [-0.15, -0.1) is 5.10 Å². The van der Waals surface area contributed by atoms with E-state index >= 15 is 0 Å². The van der Waals surface area contributed by atoms with Crippen LogP contribution in [0.2, 0.25) is 0 Å². The van der Waals surface area contributed by atoms with Gasteiger partial charge in [-0.25, -0.2) is 4.39 Å². The number of nitrogens with two attached hydrogens (primary N) is 1. The van der Waals surface area contributed by atoms with Crippen molar-refractivity contribution in [3.8, 4) is 0 Å². The second-order valence-electron chi connectivity index (χ2n) is 6.35. The number of carbonyl (C=O) groups is 1. The van der Waals surface area contributed by atoms with Crippen molar-refractivity contribution in [2.45, 2.75) is 25.4 Å². The standard InChI is InChI=1S/C18H22FN5O/c1-23(11-13-5-2-3-6-14(13)19)18(25)12-24-10-4-7-16(24)15-8-9-17(20)22-21-15/h2-3,5-6,8-9,16H,4,7,10-12H2,1H3,(H2,20,22). The van der Waals surface area contributed by atoms with Crippen LogP contribution in [0.5, 0.6) is 0 Å². The van der Waals surface area contributed by atoms with Crippen LogP contribution in [-0.2, 0) is 11.3 Å². The molecule has 1 aliphatic heterocycles. The summed E-state index contributed by atoms with van der Waals surface area (Å²) in [7, 11) is 1.70. The van der Waals surface area contributed by atoms with E-state index in [1.165, 1.54) is 6.07 Å². The lowest BCUT2D eigenvalue weighted by Gasteiger charge is -2.26. The van der Waals surface area contributed by atoms with E-state index in [4.69, 9.17) is 5.73 Å². The molecule has 1 aliphatic rings. The Morgan fingerprint density at radius 1 is 1.32 bits per heavy atom. The molecule has 1 saturated heterocycles. The number of benzene rings is 1. The van der Waals surface area contributed by atoms with Crippen LogP contribution in [0, 0.1) is 5.82 Å². The van der Waals surface area contributed by atoms with Crippen LogP contribution in [-0.4, -0.2) is 46.0 Å². The lowest BCUT2D eigenvalue weighted by atomic mass is 10.1. The summed E-state index contributed by atoms with van der Waals surface area (Å²) in [4.78, 5) is 16.2. The number of anilines is 1. The summed E-state index contributed by atoms with van der Waals surface area (Å²) in [5.74, 6) is 0.0471. The van der Waals surface area contributed by atoms with E-state index in [0.717, 1.165) is 25.1 Å². The highest BCUT2D eigenvalue weighted by Crippen LogP contribution is 2.30. The van der Waals surface area contributed by atoms with E-state index < -0.39 is 0 Å². The zero-order chi connectivity index (χ0) is 17.8. The highest BCUT2D eigenvalue weighted by molar-refractivity contribution is 5.78. The van der Waals surface area contributed by atoms with Gasteiger partial charge >= 0.3 is 0 Å². The maximum absolute atomic E-state index is 13.8. The summed E-state index contributed by atoms with van der Waals surface area (Å²) in [6.45, 7) is 1.36. The molecular weight excluding hydrogens is 321 g/mol. The van der Waals surface area contributed by atoms with E-state index in [-0.39, 0.29) is 30.9 Å². The van der Waals surface area contributed by atoms with Gasteiger partial charge in [0.25, 0.3) is 0 Å². The minimum Gasteiger partial charge on any atom is -0.382 e. The van der Waals surface area contributed by atoms with Gasteiger partial charge in [0.2, 0.25) is 5.91 Å². The molecule has 0 spiro atoms. The molecule has 6 nitrogen and oxygen atoms in total. The number of nitrogens with zero attached hydrogens (tertiary/aromatic N) is 4. The summed E-state index contributed by atoms with van der Waals surface area (Å²) < 4.78 is 13.8. The second-order valence-corrected chi connectivity index (χ2v) is 6.35. The molecule has 1 atom stereocenters. The lowest BCUT2D eigenvalue weighted by molar-refractivity contribution is -0.131. The molecule has 7 heteroatoms. The minimum absolute atomic E-state index is 0.0430. The van der Waals surface area contributed by atoms with Crippen LogP contribution in [0.25, 0.3) is 0 Å². The Hall–Kier alpha value is -2.54. The summed E-state index contributed by atoms with van der Waals surface area (Å²) >= 11 is 0. The molecule has 0 radical (unpaired) electrons. The fourth-order valence-corrected chi connectivity index (χ4v) is 3.15. The molecule has 1 aromatic heterocycles. The largest absolute Gasteiger partial charge is 0.382 e. The average molecular weight is 343 g/mol. The van der Waals surface area contributed by atoms with Crippen molar-refractivity contribution in [1.29, 1.82) is 0 Å². The Bertz CT molecular complexity index is 737. The van der Waals surface area contributed by atoms with Crippen LogP contribution < -0.4 is 5.73 Å². The molecule has 1 aromatic carbocycles. The number of amides is 1. The second kappa shape index (κ2) is 7.57. The zero-order valence-corrected chi connectivity index (χ0v) is 14.2. The van der Waals surface area contributed by atoms with Crippen molar-refractivity contribution in [2.75, 3.05) is 25.9 Å². The fourth-order valence-electron chi connectivity index (χ4n) is 3.15. The summed E-state index contributed by atoms with van der Waals surface area (Å²) in [5.41, 5.74) is 6.93. The first-order chi connectivity index (χ1) is 12.0. The quantitative estimate of drug-likeness (QED) is 0.899. The smallest absolute Gasteiger partial charge is 0.236 e. The number of halogens is 1. The maximum Gasteiger partial charge on any atom is 0.236 e. The third-order valence-electron chi connectivity index (χ3n) is 4.54. The Morgan fingerprint density at radius 2 is 2.12 bits per heavy atom. The number of likely N-dealkylation sites (N-methyl/N-ethyl adjacent to an activating group) is 1. The lowest BCUT2D eigenvalue weighted by Crippen LogP contribution is -2.38. The monoisotopic (exact) mass is 343 g/mol. The van der Waals surface area contributed by atoms with Crippen molar-refractivity contribution >= 4 is 11.7 Å². The predicted molar refractivity (Wildman–Crippen MR) is 92.9 cm³/mol. The van der Waals surface area contributed by atoms with Crippen molar-refractivity contribution in [1.82, 2.24) is 20.0 Å². The Balaban J connectivity index is 1.63. The Morgan fingerprint density at radius 3 is 2.84 bits per heavy atom. The van der Waals surface area contributed by atoms with Crippen LogP contribution in [0.3, 0.4) is 0 Å². The summed E-state index contributed by atoms with van der Waals surface area (Å²) in [6, 6.07) is 10.2. The first-order valence-corrected chi connectivity index (χ1v) is 8.35. The predicted octanol–water partition coefficient (Wildman–Crippen LogP) is 1.99. The van der Waals surface area contributed by atoms with E-state index in [2.05, 4.69) is 15.1 Å². The van der Waals surface area contributed by atoms with Gasteiger partial charge < -0.3 is 10.6 Å². The number of hydrogen-bond donors (Lipinski definition) is 1. The van der Waals surface area contributed by atoms with Crippen molar-refractivity contribution in [2.24, 2.45) is 0 Å². The highest BCUT2D eigenvalue weighted by atomic mass is 19.1. The molecule has 1 amide bonds. The molecule has 25 heavy (non-hydrogen) atoms.